The maximum atomic E-state index is 12.9. The van der Waals surface area contributed by atoms with Gasteiger partial charge in [-0.25, -0.2) is 4.68 Å². The van der Waals surface area contributed by atoms with Crippen molar-refractivity contribution in [3.63, 3.8) is 0 Å². The minimum atomic E-state index is -0.387. The van der Waals surface area contributed by atoms with Crippen LogP contribution in [0.1, 0.15) is 28.4 Å². The second kappa shape index (κ2) is 11.0. The molecule has 0 aliphatic rings. The van der Waals surface area contributed by atoms with Gasteiger partial charge >= 0.3 is 0 Å². The summed E-state index contributed by atoms with van der Waals surface area (Å²) in [5, 5.41) is 17.6. The highest BCUT2D eigenvalue weighted by Crippen LogP contribution is 2.31. The zero-order valence-corrected chi connectivity index (χ0v) is 20.3. The van der Waals surface area contributed by atoms with E-state index in [1.54, 1.807) is 31.3 Å². The van der Waals surface area contributed by atoms with E-state index >= 15 is 0 Å². The maximum Gasteiger partial charge on any atom is 0.251 e. The van der Waals surface area contributed by atoms with Crippen molar-refractivity contribution in [1.29, 1.82) is 0 Å². The molecule has 178 valence electrons. The first kappa shape index (κ1) is 24.2. The lowest BCUT2D eigenvalue weighted by Crippen LogP contribution is -2.39. The van der Waals surface area contributed by atoms with Crippen LogP contribution in [0.15, 0.2) is 90.1 Å². The van der Waals surface area contributed by atoms with Crippen LogP contribution in [-0.2, 0) is 17.3 Å². The molecule has 0 unspecified atom stereocenters. The van der Waals surface area contributed by atoms with Crippen LogP contribution in [0.4, 0.5) is 5.69 Å². The summed E-state index contributed by atoms with van der Waals surface area (Å²) in [5.41, 5.74) is 2.99. The van der Waals surface area contributed by atoms with E-state index in [0.29, 0.717) is 23.0 Å². The van der Waals surface area contributed by atoms with Gasteiger partial charge in [0.15, 0.2) is 0 Å². The van der Waals surface area contributed by atoms with Gasteiger partial charge in [-0.2, -0.15) is 0 Å². The first-order chi connectivity index (χ1) is 17.0. The molecule has 35 heavy (non-hydrogen) atoms. The topological polar surface area (TPSA) is 102 Å². The lowest BCUT2D eigenvalue weighted by Gasteiger charge is -2.31. The number of amides is 2. The molecule has 0 bridgehead atoms. The van der Waals surface area contributed by atoms with Crippen LogP contribution in [0, 0.1) is 0 Å². The fraction of sp³-hybridized carbons (Fsp3) is 0.192. The van der Waals surface area contributed by atoms with Crippen molar-refractivity contribution >= 4 is 29.3 Å². The number of carbonyl (C=O) groups excluding carboxylic acids is 2. The van der Waals surface area contributed by atoms with Gasteiger partial charge in [-0.1, -0.05) is 72.4 Å². The number of nitrogens with one attached hydrogen (secondary N) is 2. The van der Waals surface area contributed by atoms with Gasteiger partial charge in [0.25, 0.3) is 5.91 Å². The molecule has 4 rings (SSSR count). The van der Waals surface area contributed by atoms with E-state index in [1.807, 2.05) is 36.4 Å². The number of aryl methyl sites for hydroxylation is 1. The number of carbonyl (C=O) groups is 2. The van der Waals surface area contributed by atoms with Crippen molar-refractivity contribution in [3.8, 4) is 0 Å². The van der Waals surface area contributed by atoms with Gasteiger partial charge in [0.05, 0.1) is 5.75 Å². The second-order valence-corrected chi connectivity index (χ2v) is 9.19. The van der Waals surface area contributed by atoms with Crippen LogP contribution in [0.3, 0.4) is 0 Å². The summed E-state index contributed by atoms with van der Waals surface area (Å²) in [7, 11) is 1.71. The minimum Gasteiger partial charge on any atom is -0.351 e. The maximum absolute atomic E-state index is 12.9. The number of nitrogens with zero attached hydrogens (tertiary/aromatic N) is 4. The van der Waals surface area contributed by atoms with Gasteiger partial charge < -0.3 is 10.6 Å². The van der Waals surface area contributed by atoms with Gasteiger partial charge in [-0.05, 0) is 52.7 Å². The summed E-state index contributed by atoms with van der Waals surface area (Å²) in [5.74, 6) is -0.184. The van der Waals surface area contributed by atoms with E-state index in [2.05, 4.69) is 57.3 Å². The van der Waals surface area contributed by atoms with Gasteiger partial charge in [0.2, 0.25) is 11.1 Å². The summed E-state index contributed by atoms with van der Waals surface area (Å²) in [4.78, 5) is 25.2. The Labute approximate surface area is 208 Å². The summed E-state index contributed by atoms with van der Waals surface area (Å²) >= 11 is 1.24. The molecule has 3 aromatic carbocycles. The van der Waals surface area contributed by atoms with Crippen LogP contribution < -0.4 is 10.6 Å². The molecule has 1 aromatic heterocycles. The molecule has 0 saturated heterocycles. The zero-order chi connectivity index (χ0) is 24.7. The standard InChI is InChI=1S/C26H26N6O2S/c1-26(20-9-5-3-6-10-20,21-11-7-4-8-12-21)18-27-24(34)19-13-15-22(16-14-19)28-23(33)17-35-25-29-30-31-32(25)2/h3-16H,17-18H2,1-2H3,(H,27,34)(H,28,33). The molecule has 1 heterocycles. The highest BCUT2D eigenvalue weighted by Gasteiger charge is 2.29. The van der Waals surface area contributed by atoms with Gasteiger partial charge in [0, 0.05) is 30.3 Å². The lowest BCUT2D eigenvalue weighted by molar-refractivity contribution is -0.113. The van der Waals surface area contributed by atoms with Crippen LogP contribution >= 0.6 is 11.8 Å². The Morgan fingerprint density at radius 1 is 0.914 bits per heavy atom. The number of rotatable bonds is 9. The summed E-state index contributed by atoms with van der Waals surface area (Å²) < 4.78 is 1.51. The first-order valence-corrected chi connectivity index (χ1v) is 12.1. The first-order valence-electron chi connectivity index (χ1n) is 11.1. The third-order valence-electron chi connectivity index (χ3n) is 5.77. The second-order valence-electron chi connectivity index (χ2n) is 8.25. The summed E-state index contributed by atoms with van der Waals surface area (Å²) in [6.07, 6.45) is 0. The predicted octanol–water partition coefficient (Wildman–Crippen LogP) is 3.68. The molecular weight excluding hydrogens is 460 g/mol. The number of benzene rings is 3. The molecule has 0 saturated carbocycles. The molecule has 0 spiro atoms. The fourth-order valence-corrected chi connectivity index (χ4v) is 4.37. The Morgan fingerprint density at radius 2 is 1.51 bits per heavy atom. The molecule has 2 N–H and O–H groups in total. The van der Waals surface area contributed by atoms with E-state index in [9.17, 15) is 9.59 Å². The van der Waals surface area contributed by atoms with Crippen LogP contribution in [-0.4, -0.2) is 44.3 Å². The molecule has 9 heteroatoms. The molecular formula is C26H26N6O2S. The van der Waals surface area contributed by atoms with Crippen LogP contribution in [0.2, 0.25) is 0 Å². The molecule has 0 atom stereocenters. The Kier molecular flexibility index (Phi) is 7.57. The van der Waals surface area contributed by atoms with Crippen LogP contribution in [0.25, 0.3) is 0 Å². The van der Waals surface area contributed by atoms with Crippen LogP contribution in [0.5, 0.6) is 0 Å². The quantitative estimate of drug-likeness (QED) is 0.350. The van der Waals surface area contributed by atoms with E-state index in [4.69, 9.17) is 0 Å². The van der Waals surface area contributed by atoms with Crippen molar-refractivity contribution in [2.24, 2.45) is 7.05 Å². The third kappa shape index (κ3) is 5.93. The zero-order valence-electron chi connectivity index (χ0n) is 19.5. The number of aromatic nitrogens is 4. The molecule has 4 aromatic rings. The predicted molar refractivity (Wildman–Crippen MR) is 136 cm³/mol. The molecule has 0 radical (unpaired) electrons. The molecule has 2 amide bonds. The number of anilines is 1. The lowest BCUT2D eigenvalue weighted by atomic mass is 9.76. The molecule has 0 fully saturated rings. The Bertz CT molecular complexity index is 1240. The Morgan fingerprint density at radius 3 is 2.06 bits per heavy atom. The third-order valence-corrected chi connectivity index (χ3v) is 6.78. The van der Waals surface area contributed by atoms with Gasteiger partial charge in [0.1, 0.15) is 0 Å². The van der Waals surface area contributed by atoms with E-state index in [1.165, 1.54) is 16.4 Å². The van der Waals surface area contributed by atoms with Gasteiger partial charge in [-0.15, -0.1) is 5.10 Å². The number of hydrogen-bond acceptors (Lipinski definition) is 6. The average Bonchev–Trinajstić information content (AvgIpc) is 3.32. The number of tetrazole rings is 1. The minimum absolute atomic E-state index is 0.175. The summed E-state index contributed by atoms with van der Waals surface area (Å²) in [6, 6.07) is 27.2. The Hall–Kier alpha value is -3.98. The fourth-order valence-electron chi connectivity index (χ4n) is 3.72. The Balaban J connectivity index is 1.37. The van der Waals surface area contributed by atoms with E-state index < -0.39 is 0 Å². The summed E-state index contributed by atoms with van der Waals surface area (Å²) in [6.45, 7) is 2.57. The van der Waals surface area contributed by atoms with Crippen molar-refractivity contribution in [2.45, 2.75) is 17.5 Å². The largest absolute Gasteiger partial charge is 0.351 e. The number of hydrogen-bond donors (Lipinski definition) is 2. The smallest absolute Gasteiger partial charge is 0.251 e. The van der Waals surface area contributed by atoms with E-state index in [0.717, 1.165) is 11.1 Å². The van der Waals surface area contributed by atoms with E-state index in [-0.39, 0.29) is 23.0 Å². The molecule has 0 aliphatic carbocycles. The monoisotopic (exact) mass is 486 g/mol. The highest BCUT2D eigenvalue weighted by molar-refractivity contribution is 7.99. The number of thioether (sulfide) groups is 1. The van der Waals surface area contributed by atoms with Crippen molar-refractivity contribution < 1.29 is 9.59 Å². The highest BCUT2D eigenvalue weighted by atomic mass is 32.2. The average molecular weight is 487 g/mol. The SMILES string of the molecule is Cn1nnnc1SCC(=O)Nc1ccc(C(=O)NCC(C)(c2ccccc2)c2ccccc2)cc1. The van der Waals surface area contributed by atoms with Crippen molar-refractivity contribution in [3.05, 3.63) is 102 Å². The van der Waals surface area contributed by atoms with Crippen molar-refractivity contribution in [2.75, 3.05) is 17.6 Å². The molecule has 0 aliphatic heterocycles. The van der Waals surface area contributed by atoms with Gasteiger partial charge in [-0.3, -0.25) is 9.59 Å². The molecule has 8 nitrogen and oxygen atoms in total. The normalized spacial score (nSPS) is 11.1. The van der Waals surface area contributed by atoms with Crippen molar-refractivity contribution in [1.82, 2.24) is 25.5 Å².